The number of aryl methyl sites for hydroxylation is 1. The van der Waals surface area contributed by atoms with E-state index in [-0.39, 0.29) is 12.3 Å². The van der Waals surface area contributed by atoms with Gasteiger partial charge in [0.15, 0.2) is 0 Å². The van der Waals surface area contributed by atoms with Gasteiger partial charge in [0.05, 0.1) is 22.8 Å². The largest absolute Gasteiger partial charge is 0.462 e. The lowest BCUT2D eigenvalue weighted by atomic mass is 10.0. The second-order valence-electron chi connectivity index (χ2n) is 5.33. The number of nitro groups is 1. The Hall–Kier alpha value is -3.15. The highest BCUT2D eigenvalue weighted by atomic mass is 16.6. The number of non-ortho nitro benzene ring substituents is 1. The van der Waals surface area contributed by atoms with Crippen LogP contribution in [0.4, 0.5) is 5.69 Å². The molecular weight excluding hydrogens is 308 g/mol. The Kier molecular flexibility index (Phi) is 4.04. The molecule has 24 heavy (non-hydrogen) atoms. The van der Waals surface area contributed by atoms with E-state index < -0.39 is 10.9 Å². The third-order valence-electron chi connectivity index (χ3n) is 3.92. The third-order valence-corrected chi connectivity index (χ3v) is 3.92. The van der Waals surface area contributed by atoms with E-state index in [2.05, 4.69) is 0 Å². The predicted octanol–water partition coefficient (Wildman–Crippen LogP) is 3.93. The maximum atomic E-state index is 12.5. The molecule has 0 aliphatic heterocycles. The molecule has 2 aromatic carbocycles. The summed E-state index contributed by atoms with van der Waals surface area (Å²) in [6.07, 6.45) is 0. The summed E-state index contributed by atoms with van der Waals surface area (Å²) in [6.45, 7) is 1.96. The normalized spacial score (nSPS) is 10.8. The van der Waals surface area contributed by atoms with Crippen molar-refractivity contribution in [1.29, 1.82) is 0 Å². The molecule has 0 saturated heterocycles. The topological polar surface area (TPSA) is 74.4 Å². The van der Waals surface area contributed by atoms with Gasteiger partial charge in [-0.05, 0) is 18.6 Å². The summed E-state index contributed by atoms with van der Waals surface area (Å²) in [6, 6.07) is 14.0. The van der Waals surface area contributed by atoms with Crippen LogP contribution < -0.4 is 0 Å². The first-order valence-corrected chi connectivity index (χ1v) is 7.54. The first kappa shape index (κ1) is 15.7. The number of hydrogen-bond acceptors (Lipinski definition) is 4. The van der Waals surface area contributed by atoms with E-state index in [1.165, 1.54) is 12.1 Å². The van der Waals surface area contributed by atoms with Crippen LogP contribution in [0.2, 0.25) is 0 Å². The zero-order valence-corrected chi connectivity index (χ0v) is 13.4. The lowest BCUT2D eigenvalue weighted by Crippen LogP contribution is -2.06. The summed E-state index contributed by atoms with van der Waals surface area (Å²) in [5.74, 6) is -0.484. The molecule has 0 unspecified atom stereocenters. The van der Waals surface area contributed by atoms with Crippen LogP contribution in [0.3, 0.4) is 0 Å². The van der Waals surface area contributed by atoms with Crippen LogP contribution in [0.1, 0.15) is 17.3 Å². The van der Waals surface area contributed by atoms with E-state index in [9.17, 15) is 14.9 Å². The molecule has 0 aliphatic carbocycles. The molecule has 0 atom stereocenters. The minimum absolute atomic E-state index is 0.0572. The van der Waals surface area contributed by atoms with Gasteiger partial charge >= 0.3 is 5.97 Å². The summed E-state index contributed by atoms with van der Waals surface area (Å²) in [4.78, 5) is 23.2. The molecule has 0 amide bonds. The number of carbonyl (C=O) groups is 1. The Morgan fingerprint density at radius 2 is 1.92 bits per heavy atom. The molecule has 0 saturated carbocycles. The summed E-state index contributed by atoms with van der Waals surface area (Å²) in [5.41, 5.74) is 2.57. The molecule has 0 radical (unpaired) electrons. The van der Waals surface area contributed by atoms with E-state index in [0.29, 0.717) is 16.6 Å². The molecule has 122 valence electrons. The SMILES string of the molecule is CCOC(=O)c1c(-c2ccccc2)n(C)c2ccc([N+](=O)[O-])cc12. The number of hydrogen-bond donors (Lipinski definition) is 0. The molecule has 0 N–H and O–H groups in total. The molecule has 1 aromatic heterocycles. The smallest absolute Gasteiger partial charge is 0.340 e. The lowest BCUT2D eigenvalue weighted by molar-refractivity contribution is -0.384. The molecule has 0 spiro atoms. The zero-order valence-electron chi connectivity index (χ0n) is 13.4. The number of benzene rings is 2. The van der Waals surface area contributed by atoms with Gasteiger partial charge in [-0.2, -0.15) is 0 Å². The fourth-order valence-electron chi connectivity index (χ4n) is 2.89. The quantitative estimate of drug-likeness (QED) is 0.414. The molecule has 1 heterocycles. The van der Waals surface area contributed by atoms with Crippen LogP contribution in [0, 0.1) is 10.1 Å². The third kappa shape index (κ3) is 2.52. The van der Waals surface area contributed by atoms with Crippen LogP contribution in [0.25, 0.3) is 22.2 Å². The van der Waals surface area contributed by atoms with Gasteiger partial charge in [0.25, 0.3) is 5.69 Å². The molecule has 3 aromatic rings. The van der Waals surface area contributed by atoms with Gasteiger partial charge < -0.3 is 9.30 Å². The van der Waals surface area contributed by atoms with Crippen molar-refractivity contribution >= 4 is 22.6 Å². The molecular formula is C18H16N2O4. The Labute approximate surface area is 138 Å². The Balaban J connectivity index is 2.37. The summed E-state index contributed by atoms with van der Waals surface area (Å²) >= 11 is 0. The van der Waals surface area contributed by atoms with Crippen LogP contribution >= 0.6 is 0 Å². The van der Waals surface area contributed by atoms with Crippen molar-refractivity contribution in [3.8, 4) is 11.3 Å². The van der Waals surface area contributed by atoms with Crippen molar-refractivity contribution in [3.05, 3.63) is 64.2 Å². The highest BCUT2D eigenvalue weighted by Gasteiger charge is 2.24. The maximum absolute atomic E-state index is 12.5. The number of ether oxygens (including phenoxy) is 1. The van der Waals surface area contributed by atoms with Crippen molar-refractivity contribution in [2.45, 2.75) is 6.92 Å². The van der Waals surface area contributed by atoms with Gasteiger partial charge in [-0.1, -0.05) is 30.3 Å². The van der Waals surface area contributed by atoms with Crippen molar-refractivity contribution in [2.24, 2.45) is 7.05 Å². The zero-order chi connectivity index (χ0) is 17.3. The van der Waals surface area contributed by atoms with Crippen molar-refractivity contribution in [1.82, 2.24) is 4.57 Å². The van der Waals surface area contributed by atoms with Crippen LogP contribution in [-0.4, -0.2) is 22.1 Å². The van der Waals surface area contributed by atoms with Gasteiger partial charge in [-0.15, -0.1) is 0 Å². The number of aromatic nitrogens is 1. The van der Waals surface area contributed by atoms with Crippen LogP contribution in [0.5, 0.6) is 0 Å². The molecule has 6 nitrogen and oxygen atoms in total. The van der Waals surface area contributed by atoms with Crippen LogP contribution in [0.15, 0.2) is 48.5 Å². The van der Waals surface area contributed by atoms with Crippen LogP contribution in [-0.2, 0) is 11.8 Å². The number of rotatable bonds is 4. The van der Waals surface area contributed by atoms with Gasteiger partial charge in [-0.25, -0.2) is 4.79 Å². The molecule has 6 heteroatoms. The Morgan fingerprint density at radius 1 is 1.21 bits per heavy atom. The molecule has 0 aliphatic rings. The number of nitro benzene ring substituents is 1. The Morgan fingerprint density at radius 3 is 2.54 bits per heavy atom. The second kappa shape index (κ2) is 6.16. The highest BCUT2D eigenvalue weighted by molar-refractivity contribution is 6.11. The van der Waals surface area contributed by atoms with Gasteiger partial charge in [-0.3, -0.25) is 10.1 Å². The predicted molar refractivity (Wildman–Crippen MR) is 91.0 cm³/mol. The van der Waals surface area contributed by atoms with Crippen molar-refractivity contribution in [3.63, 3.8) is 0 Å². The first-order valence-electron chi connectivity index (χ1n) is 7.54. The average Bonchev–Trinajstić information content (AvgIpc) is 2.88. The average molecular weight is 324 g/mol. The summed E-state index contributed by atoms with van der Waals surface area (Å²) < 4.78 is 7.05. The summed E-state index contributed by atoms with van der Waals surface area (Å²) in [5, 5.41) is 11.6. The van der Waals surface area contributed by atoms with E-state index >= 15 is 0 Å². The number of fused-ring (bicyclic) bond motifs is 1. The first-order chi connectivity index (χ1) is 11.5. The minimum atomic E-state index is -0.484. The molecule has 0 fully saturated rings. The number of carbonyl (C=O) groups excluding carboxylic acids is 1. The van der Waals surface area contributed by atoms with E-state index in [1.54, 1.807) is 13.0 Å². The lowest BCUT2D eigenvalue weighted by Gasteiger charge is -2.07. The van der Waals surface area contributed by atoms with Gasteiger partial charge in [0.1, 0.15) is 0 Å². The monoisotopic (exact) mass is 324 g/mol. The minimum Gasteiger partial charge on any atom is -0.462 e. The van der Waals surface area contributed by atoms with E-state index in [4.69, 9.17) is 4.74 Å². The summed E-state index contributed by atoms with van der Waals surface area (Å²) in [7, 11) is 1.83. The van der Waals surface area contributed by atoms with E-state index in [0.717, 1.165) is 11.1 Å². The Bertz CT molecular complexity index is 929. The second-order valence-corrected chi connectivity index (χ2v) is 5.33. The molecule has 3 rings (SSSR count). The molecule has 0 bridgehead atoms. The fraction of sp³-hybridized carbons (Fsp3) is 0.167. The van der Waals surface area contributed by atoms with E-state index in [1.807, 2.05) is 41.9 Å². The standard InChI is InChI=1S/C18H16N2O4/c1-3-24-18(21)16-14-11-13(20(22)23)9-10-15(14)19(2)17(16)12-7-5-4-6-8-12/h4-11H,3H2,1-2H3. The number of esters is 1. The number of nitrogens with zero attached hydrogens (tertiary/aromatic N) is 2. The van der Waals surface area contributed by atoms with Crippen molar-refractivity contribution in [2.75, 3.05) is 6.61 Å². The van der Waals surface area contributed by atoms with Gasteiger partial charge in [0, 0.05) is 30.1 Å². The highest BCUT2D eigenvalue weighted by Crippen LogP contribution is 2.35. The maximum Gasteiger partial charge on any atom is 0.340 e. The van der Waals surface area contributed by atoms with Crippen molar-refractivity contribution < 1.29 is 14.5 Å². The van der Waals surface area contributed by atoms with Gasteiger partial charge in [0.2, 0.25) is 0 Å². The fourth-order valence-corrected chi connectivity index (χ4v) is 2.89.